The number of rotatable bonds is 7. The molecule has 8 heteroatoms. The van der Waals surface area contributed by atoms with Gasteiger partial charge in [0.25, 0.3) is 0 Å². The molecule has 0 bridgehead atoms. The van der Waals surface area contributed by atoms with Gasteiger partial charge >= 0.3 is 6.09 Å². The van der Waals surface area contributed by atoms with Crippen LogP contribution in [0.1, 0.15) is 52.9 Å². The van der Waals surface area contributed by atoms with Crippen LogP contribution in [0.2, 0.25) is 0 Å². The average Bonchev–Trinajstić information content (AvgIpc) is 2.81. The number of carbonyl (C=O) groups excluding carboxylic acids is 3. The molecule has 1 atom stereocenters. The third kappa shape index (κ3) is 8.48. The van der Waals surface area contributed by atoms with E-state index >= 15 is 0 Å². The Kier molecular flexibility index (Phi) is 9.10. The van der Waals surface area contributed by atoms with Gasteiger partial charge in [0.05, 0.1) is 0 Å². The van der Waals surface area contributed by atoms with Crippen molar-refractivity contribution in [2.75, 3.05) is 26.3 Å². The molecule has 1 fully saturated rings. The standard InChI is InChI=1S/C26H37N3O5/c1-26(2,3)34-25(32)28-17-23(30)27-16-18-5-4-6-21(15-18)19-7-9-20(10-8-19)24(31)29-22-11-13-33-14-12-22/h4-5,7,9,15,21-22H,6,8,10-14,16-17H2,1-3H3,(H,27,30)(H,28,32)(H,29,31). The molecule has 3 N–H and O–H groups in total. The first-order valence-corrected chi connectivity index (χ1v) is 12.1. The van der Waals surface area contributed by atoms with Crippen LogP contribution >= 0.6 is 0 Å². The fourth-order valence-electron chi connectivity index (χ4n) is 4.13. The van der Waals surface area contributed by atoms with Crippen molar-refractivity contribution in [3.8, 4) is 0 Å². The fraction of sp³-hybridized carbons (Fsp3) is 0.577. The third-order valence-electron chi connectivity index (χ3n) is 5.93. The van der Waals surface area contributed by atoms with Crippen molar-refractivity contribution in [3.63, 3.8) is 0 Å². The van der Waals surface area contributed by atoms with Gasteiger partial charge in [-0.05, 0) is 58.4 Å². The van der Waals surface area contributed by atoms with Gasteiger partial charge in [-0.2, -0.15) is 0 Å². The first-order valence-electron chi connectivity index (χ1n) is 12.1. The molecule has 1 saturated heterocycles. The molecule has 1 aliphatic heterocycles. The smallest absolute Gasteiger partial charge is 0.408 e. The molecule has 3 rings (SSSR count). The molecule has 34 heavy (non-hydrogen) atoms. The van der Waals surface area contributed by atoms with Crippen LogP contribution in [0.3, 0.4) is 0 Å². The Morgan fingerprint density at radius 3 is 2.53 bits per heavy atom. The Bertz CT molecular complexity index is 889. The van der Waals surface area contributed by atoms with E-state index in [9.17, 15) is 14.4 Å². The SMILES string of the molecule is CC(C)(C)OC(=O)NCC(=O)NCC1=CC(C2=CC=C(C(=O)NC3CCOCC3)CC2)CC=C1. The minimum Gasteiger partial charge on any atom is -0.444 e. The molecule has 0 aromatic heterocycles. The van der Waals surface area contributed by atoms with Crippen molar-refractivity contribution in [1.82, 2.24) is 16.0 Å². The van der Waals surface area contributed by atoms with E-state index in [1.807, 2.05) is 12.2 Å². The quantitative estimate of drug-likeness (QED) is 0.529. The summed E-state index contributed by atoms with van der Waals surface area (Å²) >= 11 is 0. The lowest BCUT2D eigenvalue weighted by molar-refractivity contribution is -0.120. The molecule has 3 aliphatic rings. The maximum Gasteiger partial charge on any atom is 0.408 e. The molecule has 0 aromatic carbocycles. The van der Waals surface area contributed by atoms with Crippen LogP contribution in [0, 0.1) is 5.92 Å². The van der Waals surface area contributed by atoms with Gasteiger partial charge in [0.15, 0.2) is 0 Å². The largest absolute Gasteiger partial charge is 0.444 e. The van der Waals surface area contributed by atoms with Gasteiger partial charge in [-0.25, -0.2) is 4.79 Å². The highest BCUT2D eigenvalue weighted by molar-refractivity contribution is 5.94. The van der Waals surface area contributed by atoms with Gasteiger partial charge in [0.2, 0.25) is 11.8 Å². The molecule has 1 heterocycles. The Morgan fingerprint density at radius 1 is 1.09 bits per heavy atom. The van der Waals surface area contributed by atoms with Crippen LogP contribution in [-0.4, -0.2) is 55.9 Å². The maximum absolute atomic E-state index is 12.6. The Hall–Kier alpha value is -2.87. The predicted octanol–water partition coefficient (Wildman–Crippen LogP) is 3.07. The number of hydrogen-bond donors (Lipinski definition) is 3. The average molecular weight is 472 g/mol. The van der Waals surface area contributed by atoms with Gasteiger partial charge in [-0.15, -0.1) is 0 Å². The third-order valence-corrected chi connectivity index (χ3v) is 5.93. The summed E-state index contributed by atoms with van der Waals surface area (Å²) in [5.74, 6) is 0.0140. The van der Waals surface area contributed by atoms with Gasteiger partial charge in [0.1, 0.15) is 12.1 Å². The van der Waals surface area contributed by atoms with E-state index < -0.39 is 11.7 Å². The van der Waals surface area contributed by atoms with Crippen LogP contribution in [0.25, 0.3) is 0 Å². The van der Waals surface area contributed by atoms with Crippen molar-refractivity contribution in [3.05, 3.63) is 47.1 Å². The van der Waals surface area contributed by atoms with Crippen LogP contribution in [0.4, 0.5) is 4.79 Å². The summed E-state index contributed by atoms with van der Waals surface area (Å²) in [5.41, 5.74) is 2.54. The predicted molar refractivity (Wildman–Crippen MR) is 130 cm³/mol. The molecule has 0 aromatic rings. The van der Waals surface area contributed by atoms with Gasteiger partial charge < -0.3 is 25.4 Å². The zero-order chi connectivity index (χ0) is 24.6. The Labute approximate surface area is 201 Å². The fourth-order valence-corrected chi connectivity index (χ4v) is 4.13. The number of carbonyl (C=O) groups is 3. The molecule has 186 valence electrons. The van der Waals surface area contributed by atoms with Crippen molar-refractivity contribution in [2.45, 2.75) is 64.5 Å². The molecule has 0 spiro atoms. The van der Waals surface area contributed by atoms with E-state index in [0.29, 0.717) is 19.8 Å². The first-order chi connectivity index (χ1) is 16.2. The summed E-state index contributed by atoms with van der Waals surface area (Å²) in [6.07, 6.45) is 13.9. The molecule has 1 unspecified atom stereocenters. The number of ether oxygens (including phenoxy) is 2. The Balaban J connectivity index is 1.46. The van der Waals surface area contributed by atoms with Crippen molar-refractivity contribution < 1.29 is 23.9 Å². The Morgan fingerprint density at radius 2 is 1.85 bits per heavy atom. The van der Waals surface area contributed by atoms with E-state index in [1.165, 1.54) is 5.57 Å². The van der Waals surface area contributed by atoms with Crippen molar-refractivity contribution in [1.29, 1.82) is 0 Å². The minimum atomic E-state index is -0.613. The molecule has 0 radical (unpaired) electrons. The number of nitrogens with one attached hydrogen (secondary N) is 3. The zero-order valence-electron chi connectivity index (χ0n) is 20.4. The molecular formula is C26H37N3O5. The summed E-state index contributed by atoms with van der Waals surface area (Å²) in [7, 11) is 0. The molecule has 2 aliphatic carbocycles. The van der Waals surface area contributed by atoms with E-state index in [0.717, 1.165) is 43.3 Å². The van der Waals surface area contributed by atoms with Crippen LogP contribution in [0.5, 0.6) is 0 Å². The second-order valence-electron chi connectivity index (χ2n) is 9.91. The number of hydrogen-bond acceptors (Lipinski definition) is 5. The molecular weight excluding hydrogens is 434 g/mol. The van der Waals surface area contributed by atoms with E-state index in [1.54, 1.807) is 20.8 Å². The summed E-state index contributed by atoms with van der Waals surface area (Å²) in [6, 6.07) is 0.205. The number of amides is 3. The maximum atomic E-state index is 12.6. The normalized spacial score (nSPS) is 21.0. The van der Waals surface area contributed by atoms with Crippen LogP contribution in [0.15, 0.2) is 47.1 Å². The lowest BCUT2D eigenvalue weighted by Crippen LogP contribution is -2.40. The first kappa shape index (κ1) is 25.7. The highest BCUT2D eigenvalue weighted by Crippen LogP contribution is 2.31. The summed E-state index contributed by atoms with van der Waals surface area (Å²) in [6.45, 7) is 6.98. The van der Waals surface area contributed by atoms with E-state index in [-0.39, 0.29) is 30.3 Å². The summed E-state index contributed by atoms with van der Waals surface area (Å²) < 4.78 is 10.5. The number of alkyl carbamates (subject to hydrolysis) is 1. The zero-order valence-corrected chi connectivity index (χ0v) is 20.4. The van der Waals surface area contributed by atoms with Gasteiger partial charge in [-0.1, -0.05) is 36.0 Å². The summed E-state index contributed by atoms with van der Waals surface area (Å²) in [4.78, 5) is 36.3. The second kappa shape index (κ2) is 12.0. The highest BCUT2D eigenvalue weighted by Gasteiger charge is 2.22. The lowest BCUT2D eigenvalue weighted by atomic mass is 9.83. The van der Waals surface area contributed by atoms with Gasteiger partial charge in [-0.3, -0.25) is 9.59 Å². The van der Waals surface area contributed by atoms with Crippen molar-refractivity contribution in [2.24, 2.45) is 5.92 Å². The van der Waals surface area contributed by atoms with Crippen molar-refractivity contribution >= 4 is 17.9 Å². The van der Waals surface area contributed by atoms with E-state index in [4.69, 9.17) is 9.47 Å². The minimum absolute atomic E-state index is 0.0321. The molecule has 8 nitrogen and oxygen atoms in total. The molecule has 0 saturated carbocycles. The second-order valence-corrected chi connectivity index (χ2v) is 9.91. The van der Waals surface area contributed by atoms with Gasteiger partial charge in [0, 0.05) is 37.3 Å². The lowest BCUT2D eigenvalue weighted by Gasteiger charge is -2.25. The highest BCUT2D eigenvalue weighted by atomic mass is 16.6. The topological polar surface area (TPSA) is 106 Å². The van der Waals surface area contributed by atoms with Crippen LogP contribution < -0.4 is 16.0 Å². The summed E-state index contributed by atoms with van der Waals surface area (Å²) in [5, 5.41) is 8.43. The molecule has 3 amide bonds. The van der Waals surface area contributed by atoms with E-state index in [2.05, 4.69) is 34.2 Å². The number of allylic oxidation sites excluding steroid dienone is 5. The monoisotopic (exact) mass is 471 g/mol. The van der Waals surface area contributed by atoms with Crippen LogP contribution in [-0.2, 0) is 19.1 Å².